The van der Waals surface area contributed by atoms with Gasteiger partial charge in [-0.15, -0.1) is 0 Å². The molecule has 4 unspecified atom stereocenters. The number of esters is 1. The second kappa shape index (κ2) is 9.17. The standard InChI is InChI=1S/C29H39NO7/c1-14-19-9-18(19)13-29(6)24(37-29)11-22(17-7-8-21-20(10-17)30-16(3)35-21)36-25(32)12-23(31)28(4,5)27(34)15(2)26(14)33/h7-8,10,14-15,18-19,22-24,26,31,33H,9,11-13H2,1-6H3/t14-,15+,18?,19?,22+,23-,24?,26-,29?/m0/s1. The van der Waals surface area contributed by atoms with Gasteiger partial charge in [-0.05, 0) is 55.2 Å². The van der Waals surface area contributed by atoms with Gasteiger partial charge in [0, 0.05) is 19.3 Å². The fourth-order valence-electron chi connectivity index (χ4n) is 6.38. The first-order chi connectivity index (χ1) is 17.3. The molecule has 2 N–H and O–H groups in total. The maximum absolute atomic E-state index is 13.4. The Morgan fingerprint density at radius 3 is 2.54 bits per heavy atom. The monoisotopic (exact) mass is 513 g/mol. The first kappa shape index (κ1) is 26.3. The van der Waals surface area contributed by atoms with Gasteiger partial charge >= 0.3 is 5.97 Å². The molecule has 3 fully saturated rings. The topological polar surface area (TPSA) is 122 Å². The highest BCUT2D eigenvalue weighted by atomic mass is 16.6. The van der Waals surface area contributed by atoms with Crippen LogP contribution in [-0.2, 0) is 19.1 Å². The van der Waals surface area contributed by atoms with Crippen LogP contribution >= 0.6 is 0 Å². The molecule has 202 valence electrons. The predicted octanol–water partition coefficient (Wildman–Crippen LogP) is 4.29. The Balaban J connectivity index is 1.44. The molecule has 8 nitrogen and oxygen atoms in total. The maximum Gasteiger partial charge on any atom is 0.309 e. The number of rotatable bonds is 1. The van der Waals surface area contributed by atoms with E-state index in [0.717, 1.165) is 18.4 Å². The molecule has 8 heteroatoms. The zero-order valence-electron chi connectivity index (χ0n) is 22.6. The molecule has 0 spiro atoms. The van der Waals surface area contributed by atoms with E-state index < -0.39 is 35.6 Å². The summed E-state index contributed by atoms with van der Waals surface area (Å²) in [5.41, 5.74) is 0.599. The second-order valence-electron chi connectivity index (χ2n) is 12.4. The molecular weight excluding hydrogens is 474 g/mol. The van der Waals surface area contributed by atoms with Crippen LogP contribution in [0.25, 0.3) is 11.1 Å². The highest BCUT2D eigenvalue weighted by Crippen LogP contribution is 2.56. The van der Waals surface area contributed by atoms with Crippen LogP contribution in [-0.4, -0.2) is 50.9 Å². The van der Waals surface area contributed by atoms with Crippen molar-refractivity contribution in [1.82, 2.24) is 4.98 Å². The van der Waals surface area contributed by atoms with Crippen molar-refractivity contribution in [2.45, 2.75) is 97.2 Å². The SMILES string of the molecule is Cc1nc2cc([C@H]3CC4OC4(C)CC4CC4[C@H](C)[C@H](O)[C@@H](C)C(=O)C(C)(C)[C@@H](O)CC(=O)O3)ccc2o1. The van der Waals surface area contributed by atoms with Crippen molar-refractivity contribution >= 4 is 22.9 Å². The number of aliphatic hydroxyl groups is 2. The van der Waals surface area contributed by atoms with E-state index in [4.69, 9.17) is 13.9 Å². The molecule has 9 atom stereocenters. The molecule has 3 aliphatic rings. The number of ketones is 1. The molecule has 2 aromatic rings. The summed E-state index contributed by atoms with van der Waals surface area (Å²) in [5, 5.41) is 22.0. The maximum atomic E-state index is 13.4. The Hall–Kier alpha value is -2.29. The van der Waals surface area contributed by atoms with Crippen LogP contribution in [0.3, 0.4) is 0 Å². The van der Waals surface area contributed by atoms with Gasteiger partial charge in [-0.1, -0.05) is 33.8 Å². The summed E-state index contributed by atoms with van der Waals surface area (Å²) in [6.07, 6.45) is -0.696. The molecule has 5 rings (SSSR count). The number of aryl methyl sites for hydroxylation is 1. The number of hydrogen-bond donors (Lipinski definition) is 2. The molecule has 37 heavy (non-hydrogen) atoms. The lowest BCUT2D eigenvalue weighted by Crippen LogP contribution is -2.46. The van der Waals surface area contributed by atoms with Crippen molar-refractivity contribution in [2.75, 3.05) is 0 Å². The number of oxazole rings is 1. The summed E-state index contributed by atoms with van der Waals surface area (Å²) in [5.74, 6) is -0.229. The van der Waals surface area contributed by atoms with Crippen LogP contribution in [0.2, 0.25) is 0 Å². The van der Waals surface area contributed by atoms with Crippen molar-refractivity contribution < 1.29 is 33.7 Å². The van der Waals surface area contributed by atoms with Gasteiger partial charge in [0.25, 0.3) is 0 Å². The third kappa shape index (κ3) is 4.95. The van der Waals surface area contributed by atoms with E-state index >= 15 is 0 Å². The Morgan fingerprint density at radius 2 is 1.81 bits per heavy atom. The zero-order valence-corrected chi connectivity index (χ0v) is 22.6. The zero-order chi connectivity index (χ0) is 26.9. The van der Waals surface area contributed by atoms with Crippen LogP contribution in [0, 0.1) is 36.0 Å². The minimum Gasteiger partial charge on any atom is -0.457 e. The fraction of sp³-hybridized carbons (Fsp3) is 0.690. The van der Waals surface area contributed by atoms with Crippen LogP contribution in [0.15, 0.2) is 22.6 Å². The third-order valence-electron chi connectivity index (χ3n) is 9.24. The van der Waals surface area contributed by atoms with Crippen LogP contribution in [0.1, 0.15) is 77.9 Å². The van der Waals surface area contributed by atoms with Gasteiger partial charge in [0.15, 0.2) is 11.5 Å². The van der Waals surface area contributed by atoms with Gasteiger partial charge in [0.2, 0.25) is 0 Å². The van der Waals surface area contributed by atoms with Crippen LogP contribution in [0.5, 0.6) is 0 Å². The second-order valence-corrected chi connectivity index (χ2v) is 12.4. The quantitative estimate of drug-likeness (QED) is 0.428. The van der Waals surface area contributed by atoms with Gasteiger partial charge in [-0.2, -0.15) is 0 Å². The molecule has 0 amide bonds. The highest BCUT2D eigenvalue weighted by molar-refractivity contribution is 5.88. The normalized spacial score (nSPS) is 40.5. The Bertz CT molecular complexity index is 1200. The molecule has 1 aromatic heterocycles. The number of carbonyl (C=O) groups excluding carboxylic acids is 2. The largest absolute Gasteiger partial charge is 0.457 e. The summed E-state index contributed by atoms with van der Waals surface area (Å²) in [6, 6.07) is 5.56. The molecule has 3 heterocycles. The number of cyclic esters (lactones) is 1. The first-order valence-corrected chi connectivity index (χ1v) is 13.4. The Labute approximate surface area is 217 Å². The van der Waals surface area contributed by atoms with Crippen LogP contribution < -0.4 is 0 Å². The highest BCUT2D eigenvalue weighted by Gasteiger charge is 2.58. The van der Waals surface area contributed by atoms with Gasteiger partial charge in [-0.25, -0.2) is 4.98 Å². The van der Waals surface area contributed by atoms with E-state index in [2.05, 4.69) is 11.9 Å². The van der Waals surface area contributed by atoms with Crippen molar-refractivity contribution in [1.29, 1.82) is 0 Å². The number of carbonyl (C=O) groups is 2. The van der Waals surface area contributed by atoms with Crippen molar-refractivity contribution in [2.24, 2.45) is 29.1 Å². The van der Waals surface area contributed by atoms with Crippen molar-refractivity contribution in [3.05, 3.63) is 29.7 Å². The minimum absolute atomic E-state index is 0.0408. The van der Waals surface area contributed by atoms with Gasteiger partial charge in [-0.3, -0.25) is 9.59 Å². The average Bonchev–Trinajstić information content (AvgIpc) is 3.69. The first-order valence-electron chi connectivity index (χ1n) is 13.4. The lowest BCUT2D eigenvalue weighted by atomic mass is 9.72. The lowest BCUT2D eigenvalue weighted by molar-refractivity contribution is -0.156. The number of benzene rings is 1. The van der Waals surface area contributed by atoms with E-state index in [1.807, 2.05) is 25.1 Å². The minimum atomic E-state index is -1.25. The van der Waals surface area contributed by atoms with Gasteiger partial charge in [0.05, 0.1) is 35.7 Å². The number of fused-ring (bicyclic) bond motifs is 3. The summed E-state index contributed by atoms with van der Waals surface area (Å²) in [4.78, 5) is 30.9. The summed E-state index contributed by atoms with van der Waals surface area (Å²) < 4.78 is 17.7. The van der Waals surface area contributed by atoms with Gasteiger partial charge < -0.3 is 24.1 Å². The van der Waals surface area contributed by atoms with Crippen LogP contribution in [0.4, 0.5) is 0 Å². The molecule has 2 aliphatic heterocycles. The fourth-order valence-corrected chi connectivity index (χ4v) is 6.38. The Kier molecular flexibility index (Phi) is 6.52. The van der Waals surface area contributed by atoms with Crippen molar-refractivity contribution in [3.63, 3.8) is 0 Å². The average molecular weight is 514 g/mol. The number of Topliss-reactive ketones (excluding diaryl/α,β-unsaturated/α-hetero) is 1. The van der Waals surface area contributed by atoms with Gasteiger partial charge in [0.1, 0.15) is 17.4 Å². The summed E-state index contributed by atoms with van der Waals surface area (Å²) in [6.45, 7) is 10.9. The number of hydrogen-bond acceptors (Lipinski definition) is 8. The van der Waals surface area contributed by atoms with E-state index in [9.17, 15) is 19.8 Å². The molecule has 1 aliphatic carbocycles. The molecule has 0 radical (unpaired) electrons. The number of aliphatic hydroxyl groups excluding tert-OH is 2. The molecule has 0 bridgehead atoms. The van der Waals surface area contributed by atoms with E-state index in [0.29, 0.717) is 35.2 Å². The van der Waals surface area contributed by atoms with E-state index in [1.165, 1.54) is 0 Å². The number of aromatic nitrogens is 1. The molecule has 1 saturated carbocycles. The number of ether oxygens (including phenoxy) is 2. The Morgan fingerprint density at radius 1 is 1.08 bits per heavy atom. The van der Waals surface area contributed by atoms with E-state index in [-0.39, 0.29) is 29.8 Å². The summed E-state index contributed by atoms with van der Waals surface area (Å²) in [7, 11) is 0. The predicted molar refractivity (Wildman–Crippen MR) is 135 cm³/mol. The smallest absolute Gasteiger partial charge is 0.309 e. The number of nitrogens with zero attached hydrogens (tertiary/aromatic N) is 1. The molecular formula is C29H39NO7. The third-order valence-corrected chi connectivity index (χ3v) is 9.24. The van der Waals surface area contributed by atoms with E-state index in [1.54, 1.807) is 27.7 Å². The number of epoxide rings is 1. The molecule has 1 aromatic carbocycles. The van der Waals surface area contributed by atoms with Crippen molar-refractivity contribution in [3.8, 4) is 0 Å². The molecule has 2 saturated heterocycles. The lowest BCUT2D eigenvalue weighted by Gasteiger charge is -2.34. The summed E-state index contributed by atoms with van der Waals surface area (Å²) >= 11 is 0.